The largest absolute Gasteiger partial charge is 0.303 e. The van der Waals surface area contributed by atoms with E-state index in [1.165, 1.54) is 17.0 Å². The molecule has 0 saturated heterocycles. The summed E-state index contributed by atoms with van der Waals surface area (Å²) in [4.78, 5) is 4.57. The number of pyridine rings is 1. The fourth-order valence-electron chi connectivity index (χ4n) is 1.66. The second kappa shape index (κ2) is 3.39. The van der Waals surface area contributed by atoms with E-state index >= 15 is 0 Å². The van der Waals surface area contributed by atoms with Gasteiger partial charge in [-0.05, 0) is 47.8 Å². The number of nitrogens with zero attached hydrogens (tertiary/aromatic N) is 2. The van der Waals surface area contributed by atoms with Gasteiger partial charge in [-0.1, -0.05) is 6.92 Å². The SMILES string of the molecule is CCc1nc2cc(C)c(Br)cn2c1C. The summed E-state index contributed by atoms with van der Waals surface area (Å²) in [5.74, 6) is 0. The number of hydrogen-bond acceptors (Lipinski definition) is 1. The van der Waals surface area contributed by atoms with Gasteiger partial charge in [-0.25, -0.2) is 4.98 Å². The van der Waals surface area contributed by atoms with Crippen molar-refractivity contribution in [3.8, 4) is 0 Å². The first-order valence-corrected chi connectivity index (χ1v) is 5.56. The average Bonchev–Trinajstić information content (AvgIpc) is 2.45. The summed E-state index contributed by atoms with van der Waals surface area (Å²) in [5, 5.41) is 0. The molecule has 0 fully saturated rings. The molecule has 0 bridgehead atoms. The predicted octanol–water partition coefficient (Wildman–Crippen LogP) is 3.28. The molecule has 2 rings (SSSR count). The van der Waals surface area contributed by atoms with Crippen molar-refractivity contribution >= 4 is 21.6 Å². The van der Waals surface area contributed by atoms with Crippen molar-refractivity contribution in [3.05, 3.63) is 33.7 Å². The molecule has 2 aromatic heterocycles. The van der Waals surface area contributed by atoms with E-state index in [9.17, 15) is 0 Å². The van der Waals surface area contributed by atoms with Gasteiger partial charge in [0.25, 0.3) is 0 Å². The zero-order valence-corrected chi connectivity index (χ0v) is 10.2. The van der Waals surface area contributed by atoms with Crippen LogP contribution >= 0.6 is 15.9 Å². The maximum absolute atomic E-state index is 4.57. The number of halogens is 1. The minimum absolute atomic E-state index is 0.990. The van der Waals surface area contributed by atoms with Crippen molar-refractivity contribution in [2.45, 2.75) is 27.2 Å². The molecule has 2 aromatic rings. The average molecular weight is 253 g/mol. The standard InChI is InChI=1S/C11H13BrN2/c1-4-10-8(3)14-6-9(12)7(2)5-11(14)13-10/h5-6H,4H2,1-3H3. The van der Waals surface area contributed by atoms with E-state index in [0.29, 0.717) is 0 Å². The molecule has 0 saturated carbocycles. The number of aryl methyl sites for hydroxylation is 3. The van der Waals surface area contributed by atoms with Crippen molar-refractivity contribution < 1.29 is 0 Å². The Morgan fingerprint density at radius 3 is 2.79 bits per heavy atom. The first-order valence-electron chi connectivity index (χ1n) is 4.77. The van der Waals surface area contributed by atoms with Crippen LogP contribution in [0, 0.1) is 13.8 Å². The summed E-state index contributed by atoms with van der Waals surface area (Å²) >= 11 is 3.53. The molecule has 0 amide bonds. The van der Waals surface area contributed by atoms with E-state index in [1.54, 1.807) is 0 Å². The molecule has 74 valence electrons. The van der Waals surface area contributed by atoms with Crippen LogP contribution < -0.4 is 0 Å². The second-order valence-electron chi connectivity index (χ2n) is 3.53. The molecule has 0 unspecified atom stereocenters. The number of rotatable bonds is 1. The van der Waals surface area contributed by atoms with Gasteiger partial charge in [0.1, 0.15) is 5.65 Å². The Morgan fingerprint density at radius 1 is 1.43 bits per heavy atom. The Hall–Kier alpha value is -0.830. The Balaban J connectivity index is 2.80. The molecular formula is C11H13BrN2. The highest BCUT2D eigenvalue weighted by Crippen LogP contribution is 2.20. The lowest BCUT2D eigenvalue weighted by Crippen LogP contribution is -1.90. The van der Waals surface area contributed by atoms with Crippen LogP contribution in [0.5, 0.6) is 0 Å². The molecule has 14 heavy (non-hydrogen) atoms. The third-order valence-corrected chi connectivity index (χ3v) is 3.41. The van der Waals surface area contributed by atoms with Crippen LogP contribution in [0.3, 0.4) is 0 Å². The van der Waals surface area contributed by atoms with Gasteiger partial charge in [-0.3, -0.25) is 0 Å². The van der Waals surface area contributed by atoms with Gasteiger partial charge < -0.3 is 4.40 Å². The molecular weight excluding hydrogens is 240 g/mol. The van der Waals surface area contributed by atoms with Crippen LogP contribution in [0.1, 0.15) is 23.9 Å². The molecule has 2 nitrogen and oxygen atoms in total. The van der Waals surface area contributed by atoms with Crippen LogP contribution in [0.25, 0.3) is 5.65 Å². The molecule has 0 aliphatic heterocycles. The van der Waals surface area contributed by atoms with Gasteiger partial charge in [0.05, 0.1) is 5.69 Å². The third-order valence-electron chi connectivity index (χ3n) is 2.57. The highest BCUT2D eigenvalue weighted by Gasteiger charge is 2.07. The maximum atomic E-state index is 4.57. The number of fused-ring (bicyclic) bond motifs is 1. The van der Waals surface area contributed by atoms with Crippen LogP contribution in [-0.4, -0.2) is 9.38 Å². The lowest BCUT2D eigenvalue weighted by molar-refractivity contribution is 1.02. The minimum atomic E-state index is 0.990. The highest BCUT2D eigenvalue weighted by atomic mass is 79.9. The summed E-state index contributed by atoms with van der Waals surface area (Å²) < 4.78 is 3.27. The van der Waals surface area contributed by atoms with Crippen molar-refractivity contribution in [2.75, 3.05) is 0 Å². The van der Waals surface area contributed by atoms with E-state index < -0.39 is 0 Å². The molecule has 0 N–H and O–H groups in total. The summed E-state index contributed by atoms with van der Waals surface area (Å²) in [6.45, 7) is 6.33. The smallest absolute Gasteiger partial charge is 0.137 e. The van der Waals surface area contributed by atoms with Gasteiger partial charge >= 0.3 is 0 Å². The molecule has 3 heteroatoms. The van der Waals surface area contributed by atoms with E-state index in [0.717, 1.165) is 16.5 Å². The Kier molecular flexibility index (Phi) is 2.35. The van der Waals surface area contributed by atoms with Crippen molar-refractivity contribution in [2.24, 2.45) is 0 Å². The highest BCUT2D eigenvalue weighted by molar-refractivity contribution is 9.10. The van der Waals surface area contributed by atoms with Gasteiger partial charge in [0.15, 0.2) is 0 Å². The van der Waals surface area contributed by atoms with Crippen molar-refractivity contribution in [1.82, 2.24) is 9.38 Å². The molecule has 0 radical (unpaired) electrons. The number of imidazole rings is 1. The predicted molar refractivity (Wildman–Crippen MR) is 61.7 cm³/mol. The first-order chi connectivity index (χ1) is 6.63. The number of aromatic nitrogens is 2. The Labute approximate surface area is 92.1 Å². The van der Waals surface area contributed by atoms with Crippen LogP contribution in [0.4, 0.5) is 0 Å². The van der Waals surface area contributed by atoms with Crippen LogP contribution in [0.15, 0.2) is 16.7 Å². The quantitative estimate of drug-likeness (QED) is 0.762. The summed E-state index contributed by atoms with van der Waals surface area (Å²) in [5.41, 5.74) is 4.69. The third kappa shape index (κ3) is 1.36. The molecule has 0 aliphatic rings. The number of hydrogen-bond donors (Lipinski definition) is 0. The molecule has 2 heterocycles. The normalized spacial score (nSPS) is 11.1. The fraction of sp³-hybridized carbons (Fsp3) is 0.364. The summed E-state index contributed by atoms with van der Waals surface area (Å²) in [6, 6.07) is 2.11. The summed E-state index contributed by atoms with van der Waals surface area (Å²) in [6.07, 6.45) is 3.08. The van der Waals surface area contributed by atoms with E-state index in [1.807, 2.05) is 0 Å². The molecule has 0 atom stereocenters. The molecule has 0 aromatic carbocycles. The maximum Gasteiger partial charge on any atom is 0.137 e. The van der Waals surface area contributed by atoms with E-state index in [-0.39, 0.29) is 0 Å². The topological polar surface area (TPSA) is 17.3 Å². The van der Waals surface area contributed by atoms with Gasteiger partial charge in [0, 0.05) is 16.4 Å². The Morgan fingerprint density at radius 2 is 2.14 bits per heavy atom. The summed E-state index contributed by atoms with van der Waals surface area (Å²) in [7, 11) is 0. The van der Waals surface area contributed by atoms with Gasteiger partial charge in [-0.2, -0.15) is 0 Å². The van der Waals surface area contributed by atoms with Gasteiger partial charge in [0.2, 0.25) is 0 Å². The first kappa shape index (κ1) is 9.71. The minimum Gasteiger partial charge on any atom is -0.303 e. The Bertz CT molecular complexity index is 485. The zero-order chi connectivity index (χ0) is 10.3. The lowest BCUT2D eigenvalue weighted by atomic mass is 10.3. The fourth-order valence-corrected chi connectivity index (χ4v) is 1.98. The van der Waals surface area contributed by atoms with Crippen molar-refractivity contribution in [1.29, 1.82) is 0 Å². The second-order valence-corrected chi connectivity index (χ2v) is 4.38. The zero-order valence-electron chi connectivity index (χ0n) is 8.63. The van der Waals surface area contributed by atoms with Crippen LogP contribution in [0.2, 0.25) is 0 Å². The van der Waals surface area contributed by atoms with E-state index in [4.69, 9.17) is 0 Å². The van der Waals surface area contributed by atoms with Gasteiger partial charge in [-0.15, -0.1) is 0 Å². The van der Waals surface area contributed by atoms with Crippen LogP contribution in [-0.2, 0) is 6.42 Å². The molecule has 0 spiro atoms. The van der Waals surface area contributed by atoms with E-state index in [2.05, 4.69) is 58.3 Å². The van der Waals surface area contributed by atoms with Crippen molar-refractivity contribution in [3.63, 3.8) is 0 Å². The monoisotopic (exact) mass is 252 g/mol. The lowest BCUT2D eigenvalue weighted by Gasteiger charge is -2.00. The molecule has 0 aliphatic carbocycles.